The molecule has 6 nitrogen and oxygen atoms in total. The van der Waals surface area contributed by atoms with Gasteiger partial charge in [0.25, 0.3) is 0 Å². The fourth-order valence-corrected chi connectivity index (χ4v) is 5.27. The molecule has 28 heavy (non-hydrogen) atoms. The van der Waals surface area contributed by atoms with E-state index in [9.17, 15) is 21.6 Å². The van der Waals surface area contributed by atoms with Crippen molar-refractivity contribution in [1.82, 2.24) is 13.7 Å². The van der Waals surface area contributed by atoms with Crippen molar-refractivity contribution in [3.05, 3.63) is 30.2 Å². The van der Waals surface area contributed by atoms with E-state index in [1.165, 1.54) is 22.8 Å². The van der Waals surface area contributed by atoms with Crippen molar-refractivity contribution in [2.45, 2.75) is 31.9 Å². The Kier molecular flexibility index (Phi) is 4.61. The number of piperidine rings is 2. The lowest BCUT2D eigenvalue weighted by atomic mass is 9.71. The largest absolute Gasteiger partial charge is 0.416 e. The smallest absolute Gasteiger partial charge is 0.358 e. The minimum Gasteiger partial charge on any atom is -0.358 e. The maximum Gasteiger partial charge on any atom is 0.416 e. The van der Waals surface area contributed by atoms with Crippen LogP contribution < -0.4 is 4.90 Å². The summed E-state index contributed by atoms with van der Waals surface area (Å²) in [6.45, 7) is 2.34. The Morgan fingerprint density at radius 2 is 1.64 bits per heavy atom. The van der Waals surface area contributed by atoms with Gasteiger partial charge in [0.05, 0.1) is 23.5 Å². The van der Waals surface area contributed by atoms with Crippen molar-refractivity contribution >= 4 is 21.4 Å². The van der Waals surface area contributed by atoms with Gasteiger partial charge >= 0.3 is 6.18 Å². The Balaban J connectivity index is 1.53. The zero-order valence-electron chi connectivity index (χ0n) is 15.6. The fraction of sp³-hybridized carbons (Fsp3) is 0.611. The van der Waals surface area contributed by atoms with Crippen molar-refractivity contribution in [3.63, 3.8) is 0 Å². The molecule has 0 saturated carbocycles. The molecular weight excluding hydrogens is 393 g/mol. The molecule has 0 radical (unpaired) electrons. The van der Waals surface area contributed by atoms with Gasteiger partial charge in [-0.1, -0.05) is 0 Å². The lowest BCUT2D eigenvalue weighted by Gasteiger charge is -2.46. The van der Waals surface area contributed by atoms with Crippen molar-refractivity contribution in [2.75, 3.05) is 37.3 Å². The van der Waals surface area contributed by atoms with E-state index in [1.54, 1.807) is 10.7 Å². The SMILES string of the molecule is CS(=O)(=O)N1CCC2(CCN(c3cc(C(F)(F)F)cc4cncn34)CC2)CC1. The van der Waals surface area contributed by atoms with Gasteiger partial charge in [-0.3, -0.25) is 4.40 Å². The van der Waals surface area contributed by atoms with Crippen LogP contribution in [0.2, 0.25) is 0 Å². The van der Waals surface area contributed by atoms with Gasteiger partial charge in [0, 0.05) is 26.2 Å². The molecule has 0 amide bonds. The maximum absolute atomic E-state index is 13.3. The molecule has 4 heterocycles. The molecule has 0 aromatic carbocycles. The van der Waals surface area contributed by atoms with Crippen LogP contribution in [0.3, 0.4) is 0 Å². The minimum atomic E-state index is -4.41. The number of pyridine rings is 1. The number of sulfonamides is 1. The summed E-state index contributed by atoms with van der Waals surface area (Å²) in [5.41, 5.74) is -0.170. The van der Waals surface area contributed by atoms with Crippen LogP contribution in [0, 0.1) is 5.41 Å². The van der Waals surface area contributed by atoms with Gasteiger partial charge in [0.15, 0.2) is 0 Å². The van der Waals surface area contributed by atoms with Gasteiger partial charge in [-0.15, -0.1) is 0 Å². The fourth-order valence-electron chi connectivity index (χ4n) is 4.42. The van der Waals surface area contributed by atoms with E-state index in [4.69, 9.17) is 0 Å². The average Bonchev–Trinajstić information content (AvgIpc) is 3.09. The normalized spacial score (nSPS) is 21.5. The highest BCUT2D eigenvalue weighted by molar-refractivity contribution is 7.88. The molecular formula is C18H23F3N4O2S. The zero-order valence-corrected chi connectivity index (χ0v) is 16.4. The van der Waals surface area contributed by atoms with Crippen molar-refractivity contribution in [1.29, 1.82) is 0 Å². The summed E-state index contributed by atoms with van der Waals surface area (Å²) >= 11 is 0. The molecule has 2 saturated heterocycles. The number of aromatic nitrogens is 2. The van der Waals surface area contributed by atoms with E-state index in [2.05, 4.69) is 4.98 Å². The Hall–Kier alpha value is -1.81. The first kappa shape index (κ1) is 19.5. The van der Waals surface area contributed by atoms with Crippen LogP contribution in [0.5, 0.6) is 0 Å². The van der Waals surface area contributed by atoms with Crippen LogP contribution >= 0.6 is 0 Å². The predicted octanol–water partition coefficient (Wildman–Crippen LogP) is 3.00. The topological polar surface area (TPSA) is 57.9 Å². The third kappa shape index (κ3) is 3.59. The molecule has 0 N–H and O–H groups in total. The van der Waals surface area contributed by atoms with E-state index < -0.39 is 21.8 Å². The zero-order chi connectivity index (χ0) is 20.2. The number of hydrogen-bond donors (Lipinski definition) is 0. The number of rotatable bonds is 2. The molecule has 2 fully saturated rings. The number of hydrogen-bond acceptors (Lipinski definition) is 4. The lowest BCUT2D eigenvalue weighted by molar-refractivity contribution is -0.137. The van der Waals surface area contributed by atoms with Crippen molar-refractivity contribution in [3.8, 4) is 0 Å². The molecule has 0 bridgehead atoms. The summed E-state index contributed by atoms with van der Waals surface area (Å²) < 4.78 is 66.5. The third-order valence-corrected chi connectivity index (χ3v) is 7.53. The van der Waals surface area contributed by atoms with Crippen LogP contribution in [-0.2, 0) is 16.2 Å². The van der Waals surface area contributed by atoms with Gasteiger partial charge in [0.1, 0.15) is 12.1 Å². The standard InChI is InChI=1S/C18H23F3N4O2S/c1-28(26,27)24-8-4-17(5-9-24)2-6-23(7-3-17)16-11-14(18(19,20)21)10-15-12-22-13-25(15)16/h10-13H,2-9H2,1H3. The van der Waals surface area contributed by atoms with Crippen LogP contribution in [0.4, 0.5) is 19.0 Å². The second-order valence-electron chi connectivity index (χ2n) is 7.94. The summed E-state index contributed by atoms with van der Waals surface area (Å²) in [7, 11) is -3.17. The Morgan fingerprint density at radius 1 is 1.04 bits per heavy atom. The Morgan fingerprint density at radius 3 is 2.21 bits per heavy atom. The summed E-state index contributed by atoms with van der Waals surface area (Å²) in [5, 5.41) is 0. The average molecular weight is 416 g/mol. The molecule has 154 valence electrons. The van der Waals surface area contributed by atoms with Crippen molar-refractivity contribution < 1.29 is 21.6 Å². The molecule has 4 rings (SSSR count). The second-order valence-corrected chi connectivity index (χ2v) is 9.92. The maximum atomic E-state index is 13.3. The number of anilines is 1. The molecule has 0 aliphatic carbocycles. The molecule has 2 aromatic rings. The second kappa shape index (κ2) is 6.62. The highest BCUT2D eigenvalue weighted by Crippen LogP contribution is 2.43. The first-order valence-electron chi connectivity index (χ1n) is 9.31. The summed E-state index contributed by atoms with van der Waals surface area (Å²) in [6, 6.07) is 2.31. The first-order chi connectivity index (χ1) is 13.1. The summed E-state index contributed by atoms with van der Waals surface area (Å²) in [5.74, 6) is 0.505. The molecule has 2 aromatic heterocycles. The first-order valence-corrected chi connectivity index (χ1v) is 11.2. The van der Waals surface area contributed by atoms with Crippen LogP contribution in [-0.4, -0.2) is 54.5 Å². The van der Waals surface area contributed by atoms with Crippen LogP contribution in [0.15, 0.2) is 24.7 Å². The summed E-state index contributed by atoms with van der Waals surface area (Å²) in [4.78, 5) is 5.99. The van der Waals surface area contributed by atoms with E-state index in [-0.39, 0.29) is 5.41 Å². The molecule has 2 aliphatic heterocycles. The Labute approximate surface area is 162 Å². The number of imidazole rings is 1. The van der Waals surface area contributed by atoms with Crippen LogP contribution in [0.1, 0.15) is 31.2 Å². The van der Waals surface area contributed by atoms with E-state index in [0.29, 0.717) is 37.5 Å². The lowest BCUT2D eigenvalue weighted by Crippen LogP contribution is -2.48. The van der Waals surface area contributed by atoms with Gasteiger partial charge in [0.2, 0.25) is 10.0 Å². The number of fused-ring (bicyclic) bond motifs is 1. The van der Waals surface area contributed by atoms with Crippen molar-refractivity contribution in [2.24, 2.45) is 5.41 Å². The monoisotopic (exact) mass is 416 g/mol. The van der Waals surface area contributed by atoms with Gasteiger partial charge < -0.3 is 4.90 Å². The van der Waals surface area contributed by atoms with E-state index in [1.807, 2.05) is 4.90 Å². The van der Waals surface area contributed by atoms with E-state index in [0.717, 1.165) is 31.7 Å². The highest BCUT2D eigenvalue weighted by Gasteiger charge is 2.40. The molecule has 1 spiro atoms. The van der Waals surface area contributed by atoms with Gasteiger partial charge in [-0.05, 0) is 43.2 Å². The van der Waals surface area contributed by atoms with Crippen LogP contribution in [0.25, 0.3) is 5.52 Å². The number of halogens is 3. The summed E-state index contributed by atoms with van der Waals surface area (Å²) in [6.07, 6.45) is 3.10. The number of alkyl halides is 3. The molecule has 0 atom stereocenters. The molecule has 0 unspecified atom stereocenters. The third-order valence-electron chi connectivity index (χ3n) is 6.23. The van der Waals surface area contributed by atoms with Gasteiger partial charge in [-0.2, -0.15) is 13.2 Å². The molecule has 10 heteroatoms. The minimum absolute atomic E-state index is 0.0768. The van der Waals surface area contributed by atoms with Gasteiger partial charge in [-0.25, -0.2) is 17.7 Å². The Bertz CT molecular complexity index is 968. The van der Waals surface area contributed by atoms with E-state index >= 15 is 0 Å². The number of nitrogens with zero attached hydrogens (tertiary/aromatic N) is 4. The predicted molar refractivity (Wildman–Crippen MR) is 99.7 cm³/mol. The quantitative estimate of drug-likeness (QED) is 0.755. The highest BCUT2D eigenvalue weighted by atomic mass is 32.2. The molecule has 2 aliphatic rings.